The molecule has 1 fully saturated rings. The van der Waals surface area contributed by atoms with Crippen molar-refractivity contribution in [1.29, 1.82) is 0 Å². The fourth-order valence-electron chi connectivity index (χ4n) is 4.00. The van der Waals surface area contributed by atoms with E-state index in [2.05, 4.69) is 10.1 Å². The molecule has 0 atom stereocenters. The maximum absolute atomic E-state index is 12.9. The van der Waals surface area contributed by atoms with Gasteiger partial charge in [-0.3, -0.25) is 19.6 Å². The van der Waals surface area contributed by atoms with Gasteiger partial charge >= 0.3 is 0 Å². The average Bonchev–Trinajstić information content (AvgIpc) is 3.63. The summed E-state index contributed by atoms with van der Waals surface area (Å²) in [4.78, 5) is 30.2. The molecule has 0 radical (unpaired) electrons. The highest BCUT2D eigenvalue weighted by atomic mass is 16.7. The Labute approximate surface area is 196 Å². The quantitative estimate of drug-likeness (QED) is 0.525. The number of rotatable bonds is 7. The lowest BCUT2D eigenvalue weighted by atomic mass is 10.1. The molecule has 10 nitrogen and oxygen atoms in total. The number of hydrazine groups is 1. The van der Waals surface area contributed by atoms with Crippen LogP contribution in [-0.2, 0) is 22.4 Å². The number of amides is 2. The molecule has 2 aromatic carbocycles. The smallest absolute Gasteiger partial charge is 0.245 e. The lowest BCUT2D eigenvalue weighted by Gasteiger charge is -2.28. The molecule has 2 aliphatic rings. The summed E-state index contributed by atoms with van der Waals surface area (Å²) < 4.78 is 21.2. The minimum atomic E-state index is -0.152. The van der Waals surface area contributed by atoms with Crippen molar-refractivity contribution in [3.63, 3.8) is 0 Å². The van der Waals surface area contributed by atoms with Crippen LogP contribution < -0.4 is 14.2 Å². The van der Waals surface area contributed by atoms with Crippen LogP contribution in [0.3, 0.4) is 0 Å². The Morgan fingerprint density at radius 1 is 1.00 bits per heavy atom. The number of carbonyl (C=O) groups is 2. The Hall–Kier alpha value is -4.08. The molecule has 0 unspecified atom stereocenters. The van der Waals surface area contributed by atoms with Crippen LogP contribution in [0.4, 0.5) is 0 Å². The van der Waals surface area contributed by atoms with Crippen LogP contribution in [0.25, 0.3) is 11.4 Å². The summed E-state index contributed by atoms with van der Waals surface area (Å²) in [6.45, 7) is 1.20. The molecule has 0 N–H and O–H groups in total. The topological polar surface area (TPSA) is 107 Å². The van der Waals surface area contributed by atoms with E-state index in [4.69, 9.17) is 18.7 Å². The molecule has 2 amide bonds. The lowest BCUT2D eigenvalue weighted by Crippen LogP contribution is -2.45. The first-order chi connectivity index (χ1) is 16.6. The van der Waals surface area contributed by atoms with Crippen LogP contribution in [0.15, 0.2) is 47.0 Å². The molecule has 0 bridgehead atoms. The maximum Gasteiger partial charge on any atom is 0.245 e. The molecule has 1 aromatic heterocycles. The van der Waals surface area contributed by atoms with Gasteiger partial charge in [0, 0.05) is 31.5 Å². The van der Waals surface area contributed by atoms with Crippen molar-refractivity contribution in [2.75, 3.05) is 27.0 Å². The van der Waals surface area contributed by atoms with E-state index in [1.165, 1.54) is 10.0 Å². The first-order valence-electron chi connectivity index (χ1n) is 11.1. The van der Waals surface area contributed by atoms with E-state index in [-0.39, 0.29) is 31.4 Å². The highest BCUT2D eigenvalue weighted by Gasteiger charge is 2.30. The normalized spacial score (nSPS) is 14.5. The Kier molecular flexibility index (Phi) is 6.03. The number of hydrogen-bond acceptors (Lipinski definition) is 8. The monoisotopic (exact) mass is 464 g/mol. The zero-order chi connectivity index (χ0) is 23.5. The number of fused-ring (bicyclic) bond motifs is 1. The van der Waals surface area contributed by atoms with Gasteiger partial charge in [0.25, 0.3) is 0 Å². The van der Waals surface area contributed by atoms with Gasteiger partial charge in [-0.2, -0.15) is 4.98 Å². The summed E-state index contributed by atoms with van der Waals surface area (Å²) in [5.74, 6) is 2.58. The van der Waals surface area contributed by atoms with Crippen molar-refractivity contribution in [2.45, 2.75) is 25.7 Å². The standard InChI is InChI=1S/C24H24N4O6/c1-31-18-6-4-17(5-7-18)24-25-21(34-26-24)9-10-22(29)27-11-2-12-28(27)23(30)14-16-3-8-19-20(13-16)33-15-32-19/h3-8,13H,2,9-12,14-15H2,1H3. The van der Waals surface area contributed by atoms with Crippen molar-refractivity contribution in [1.82, 2.24) is 20.2 Å². The van der Waals surface area contributed by atoms with Gasteiger partial charge in [0.15, 0.2) is 11.5 Å². The number of ether oxygens (including phenoxy) is 3. The highest BCUT2D eigenvalue weighted by Crippen LogP contribution is 2.32. The van der Waals surface area contributed by atoms with Crippen LogP contribution in [0, 0.1) is 0 Å². The second-order valence-electron chi connectivity index (χ2n) is 7.99. The summed E-state index contributed by atoms with van der Waals surface area (Å²) in [7, 11) is 1.60. The zero-order valence-corrected chi connectivity index (χ0v) is 18.7. The van der Waals surface area contributed by atoms with Gasteiger partial charge in [0.2, 0.25) is 30.3 Å². The molecule has 34 heavy (non-hydrogen) atoms. The third-order valence-electron chi connectivity index (χ3n) is 5.77. The molecule has 0 saturated carbocycles. The van der Waals surface area contributed by atoms with Gasteiger partial charge in [0.05, 0.1) is 13.5 Å². The molecule has 3 heterocycles. The molecule has 3 aromatic rings. The second-order valence-corrected chi connectivity index (χ2v) is 7.99. The summed E-state index contributed by atoms with van der Waals surface area (Å²) >= 11 is 0. The summed E-state index contributed by atoms with van der Waals surface area (Å²) in [5, 5.41) is 7.05. The van der Waals surface area contributed by atoms with E-state index < -0.39 is 0 Å². The van der Waals surface area contributed by atoms with Gasteiger partial charge < -0.3 is 18.7 Å². The van der Waals surface area contributed by atoms with Gasteiger partial charge in [-0.15, -0.1) is 0 Å². The second kappa shape index (κ2) is 9.42. The van der Waals surface area contributed by atoms with Crippen LogP contribution in [0.5, 0.6) is 17.2 Å². The first-order valence-corrected chi connectivity index (χ1v) is 11.1. The molecule has 176 valence electrons. The zero-order valence-electron chi connectivity index (χ0n) is 18.7. The van der Waals surface area contributed by atoms with E-state index >= 15 is 0 Å². The fraction of sp³-hybridized carbons (Fsp3) is 0.333. The van der Waals surface area contributed by atoms with Gasteiger partial charge in [0.1, 0.15) is 5.75 Å². The first kappa shape index (κ1) is 21.7. The molecule has 1 saturated heterocycles. The van der Waals surface area contributed by atoms with Crippen molar-refractivity contribution in [3.05, 3.63) is 53.9 Å². The van der Waals surface area contributed by atoms with Crippen molar-refractivity contribution >= 4 is 11.8 Å². The SMILES string of the molecule is COc1ccc(-c2noc(CCC(=O)N3CCCN3C(=O)Cc3ccc4c(c3)OCO4)n2)cc1. The number of carbonyl (C=O) groups excluding carboxylic acids is 2. The number of hydrogen-bond donors (Lipinski definition) is 0. The number of aromatic nitrogens is 2. The van der Waals surface area contributed by atoms with Crippen molar-refractivity contribution in [2.24, 2.45) is 0 Å². The molecule has 0 aliphatic carbocycles. The maximum atomic E-state index is 12.9. The predicted octanol–water partition coefficient (Wildman–Crippen LogP) is 2.63. The Morgan fingerprint density at radius 2 is 1.76 bits per heavy atom. The predicted molar refractivity (Wildman–Crippen MR) is 119 cm³/mol. The molecular weight excluding hydrogens is 440 g/mol. The van der Waals surface area contributed by atoms with Gasteiger partial charge in [-0.25, -0.2) is 0 Å². The van der Waals surface area contributed by atoms with Crippen LogP contribution in [0.2, 0.25) is 0 Å². The van der Waals surface area contributed by atoms with Gasteiger partial charge in [-0.05, 0) is 48.4 Å². The minimum absolute atomic E-state index is 0.135. The molecule has 5 rings (SSSR count). The molecule has 2 aliphatic heterocycles. The fourth-order valence-corrected chi connectivity index (χ4v) is 4.00. The van der Waals surface area contributed by atoms with Crippen molar-refractivity contribution < 1.29 is 28.3 Å². The van der Waals surface area contributed by atoms with Gasteiger partial charge in [-0.1, -0.05) is 11.2 Å². The average molecular weight is 464 g/mol. The Balaban J connectivity index is 1.17. The molecule has 10 heteroatoms. The van der Waals surface area contributed by atoms with Crippen LogP contribution in [0.1, 0.15) is 24.3 Å². The summed E-state index contributed by atoms with van der Waals surface area (Å²) in [6, 6.07) is 12.7. The van der Waals surface area contributed by atoms with E-state index in [1.54, 1.807) is 19.2 Å². The van der Waals surface area contributed by atoms with E-state index in [9.17, 15) is 9.59 Å². The van der Waals surface area contributed by atoms with Crippen LogP contribution >= 0.6 is 0 Å². The van der Waals surface area contributed by atoms with E-state index in [0.717, 1.165) is 23.3 Å². The Bertz CT molecular complexity index is 1190. The minimum Gasteiger partial charge on any atom is -0.497 e. The molecule has 0 spiro atoms. The highest BCUT2D eigenvalue weighted by molar-refractivity contribution is 5.84. The summed E-state index contributed by atoms with van der Waals surface area (Å²) in [6.07, 6.45) is 1.37. The van der Waals surface area contributed by atoms with Crippen LogP contribution in [-0.4, -0.2) is 59.0 Å². The number of benzene rings is 2. The lowest BCUT2D eigenvalue weighted by molar-refractivity contribution is -0.157. The third-order valence-corrected chi connectivity index (χ3v) is 5.77. The number of methoxy groups -OCH3 is 1. The number of nitrogens with zero attached hydrogens (tertiary/aromatic N) is 4. The number of aryl methyl sites for hydroxylation is 1. The largest absolute Gasteiger partial charge is 0.497 e. The third kappa shape index (κ3) is 4.52. The van der Waals surface area contributed by atoms with Crippen molar-refractivity contribution in [3.8, 4) is 28.6 Å². The van der Waals surface area contributed by atoms with E-state index in [0.29, 0.717) is 42.7 Å². The van der Waals surface area contributed by atoms with E-state index in [1.807, 2.05) is 30.3 Å². The Morgan fingerprint density at radius 3 is 2.56 bits per heavy atom. The summed E-state index contributed by atoms with van der Waals surface area (Å²) in [5.41, 5.74) is 1.60. The molecular formula is C24H24N4O6.